The molecule has 1 atom stereocenters. The molecule has 1 fully saturated rings. The van der Waals surface area contributed by atoms with Crippen LogP contribution in [0.25, 0.3) is 21.9 Å². The predicted molar refractivity (Wildman–Crippen MR) is 85.8 cm³/mol. The summed E-state index contributed by atoms with van der Waals surface area (Å²) in [4.78, 5) is 12.0. The molecule has 2 heterocycles. The van der Waals surface area contributed by atoms with Crippen molar-refractivity contribution in [2.75, 3.05) is 6.61 Å². The van der Waals surface area contributed by atoms with Gasteiger partial charge in [0.25, 0.3) is 0 Å². The van der Waals surface area contributed by atoms with Gasteiger partial charge in [-0.1, -0.05) is 24.3 Å². The molecule has 114 valence electrons. The van der Waals surface area contributed by atoms with Gasteiger partial charge in [0.05, 0.1) is 10.8 Å². The second kappa shape index (κ2) is 6.73. The minimum Gasteiger partial charge on any atom is -0.456 e. The third kappa shape index (κ3) is 3.18. The van der Waals surface area contributed by atoms with Crippen LogP contribution in [-0.4, -0.2) is 18.0 Å². The van der Waals surface area contributed by atoms with Crippen LogP contribution in [-0.2, 0) is 4.74 Å². The van der Waals surface area contributed by atoms with E-state index in [4.69, 9.17) is 14.3 Å². The zero-order valence-electron chi connectivity index (χ0n) is 12.2. The highest BCUT2D eigenvalue weighted by atomic mass is 16.6. The lowest BCUT2D eigenvalue weighted by molar-refractivity contribution is -0.123. The topological polar surface area (TPSA) is 59.7 Å². The molecule has 0 aliphatic carbocycles. The lowest BCUT2D eigenvalue weighted by Gasteiger charge is -2.16. The summed E-state index contributed by atoms with van der Waals surface area (Å²) in [7, 11) is 0. The SMILES string of the molecule is O=c1c2ccccc2oc2ccccc12.OC1CCCCO1. The summed E-state index contributed by atoms with van der Waals surface area (Å²) in [6.45, 7) is 0.737. The molecule has 1 aliphatic heterocycles. The first-order valence-electron chi connectivity index (χ1n) is 7.46. The Bertz CT molecular complexity index is 759. The summed E-state index contributed by atoms with van der Waals surface area (Å²) >= 11 is 0. The van der Waals surface area contributed by atoms with Crippen LogP contribution in [0.15, 0.2) is 57.7 Å². The maximum Gasteiger partial charge on any atom is 0.200 e. The minimum absolute atomic E-state index is 0.0347. The average molecular weight is 298 g/mol. The van der Waals surface area contributed by atoms with Gasteiger partial charge in [-0.05, 0) is 43.5 Å². The van der Waals surface area contributed by atoms with Crippen molar-refractivity contribution in [3.05, 3.63) is 58.8 Å². The van der Waals surface area contributed by atoms with E-state index < -0.39 is 6.29 Å². The van der Waals surface area contributed by atoms with E-state index in [1.165, 1.54) is 0 Å². The molecule has 2 aromatic carbocycles. The van der Waals surface area contributed by atoms with Gasteiger partial charge in [0.1, 0.15) is 11.2 Å². The van der Waals surface area contributed by atoms with Crippen LogP contribution in [0.2, 0.25) is 0 Å². The van der Waals surface area contributed by atoms with Gasteiger partial charge < -0.3 is 14.3 Å². The smallest absolute Gasteiger partial charge is 0.200 e. The first-order valence-corrected chi connectivity index (χ1v) is 7.46. The number of rotatable bonds is 0. The highest BCUT2D eigenvalue weighted by Crippen LogP contribution is 2.17. The molecule has 0 amide bonds. The summed E-state index contributed by atoms with van der Waals surface area (Å²) in [6, 6.07) is 14.6. The Morgan fingerprint density at radius 2 is 1.50 bits per heavy atom. The monoisotopic (exact) mass is 298 g/mol. The van der Waals surface area contributed by atoms with Crippen LogP contribution in [0.5, 0.6) is 0 Å². The number of hydrogen-bond donors (Lipinski definition) is 1. The van der Waals surface area contributed by atoms with Crippen LogP contribution < -0.4 is 5.43 Å². The lowest BCUT2D eigenvalue weighted by Crippen LogP contribution is -2.17. The van der Waals surface area contributed by atoms with E-state index in [9.17, 15) is 4.79 Å². The van der Waals surface area contributed by atoms with E-state index >= 15 is 0 Å². The largest absolute Gasteiger partial charge is 0.456 e. The van der Waals surface area contributed by atoms with E-state index in [1.54, 1.807) is 12.1 Å². The van der Waals surface area contributed by atoms with E-state index in [0.717, 1.165) is 25.9 Å². The number of para-hydroxylation sites is 2. The molecule has 1 aromatic heterocycles. The molecule has 4 rings (SSSR count). The van der Waals surface area contributed by atoms with E-state index in [0.29, 0.717) is 21.9 Å². The molecule has 0 spiro atoms. The summed E-state index contributed by atoms with van der Waals surface area (Å²) in [5.74, 6) is 0. The lowest BCUT2D eigenvalue weighted by atomic mass is 10.1. The number of aliphatic hydroxyl groups is 1. The third-order valence-electron chi connectivity index (χ3n) is 3.64. The molecule has 3 aromatic rings. The molecular formula is C18H18O4. The quantitative estimate of drug-likeness (QED) is 0.646. The molecule has 1 unspecified atom stereocenters. The zero-order chi connectivity index (χ0) is 15.4. The highest BCUT2D eigenvalue weighted by molar-refractivity contribution is 5.89. The van der Waals surface area contributed by atoms with Gasteiger partial charge in [0, 0.05) is 6.61 Å². The van der Waals surface area contributed by atoms with Crippen LogP contribution in [0.4, 0.5) is 0 Å². The second-order valence-electron chi connectivity index (χ2n) is 5.24. The van der Waals surface area contributed by atoms with Crippen LogP contribution in [0.1, 0.15) is 19.3 Å². The average Bonchev–Trinajstić information content (AvgIpc) is 2.57. The standard InChI is InChI=1S/C13H8O2.C5H10O2/c14-13-9-5-1-3-7-11(9)15-12-8-4-2-6-10(12)13;6-5-3-1-2-4-7-5/h1-8H;5-6H,1-4H2. The fraction of sp³-hybridized carbons (Fsp3) is 0.278. The third-order valence-corrected chi connectivity index (χ3v) is 3.64. The van der Waals surface area contributed by atoms with Gasteiger partial charge in [-0.3, -0.25) is 4.79 Å². The van der Waals surface area contributed by atoms with Gasteiger partial charge in [-0.25, -0.2) is 0 Å². The first-order chi connectivity index (χ1) is 10.8. The molecular weight excluding hydrogens is 280 g/mol. The van der Waals surface area contributed by atoms with Crippen molar-refractivity contribution in [1.29, 1.82) is 0 Å². The zero-order valence-corrected chi connectivity index (χ0v) is 12.2. The molecule has 4 nitrogen and oxygen atoms in total. The number of ether oxygens (including phenoxy) is 1. The van der Waals surface area contributed by atoms with Gasteiger partial charge >= 0.3 is 0 Å². The van der Waals surface area contributed by atoms with Crippen molar-refractivity contribution in [1.82, 2.24) is 0 Å². The number of fused-ring (bicyclic) bond motifs is 2. The molecule has 0 radical (unpaired) electrons. The molecule has 0 bridgehead atoms. The number of benzene rings is 2. The second-order valence-corrected chi connectivity index (χ2v) is 5.24. The van der Waals surface area contributed by atoms with E-state index in [2.05, 4.69) is 0 Å². The van der Waals surface area contributed by atoms with E-state index in [1.807, 2.05) is 36.4 Å². The predicted octanol–water partition coefficient (Wildman–Crippen LogP) is 3.45. The van der Waals surface area contributed by atoms with Crippen LogP contribution in [0, 0.1) is 0 Å². The van der Waals surface area contributed by atoms with Gasteiger partial charge in [-0.15, -0.1) is 0 Å². The van der Waals surface area contributed by atoms with Crippen molar-refractivity contribution >= 4 is 21.9 Å². The molecule has 1 aliphatic rings. The number of hydrogen-bond acceptors (Lipinski definition) is 4. The molecule has 1 saturated heterocycles. The van der Waals surface area contributed by atoms with Gasteiger partial charge in [0.2, 0.25) is 5.43 Å². The summed E-state index contributed by atoms with van der Waals surface area (Å²) in [5, 5.41) is 9.96. The minimum atomic E-state index is -0.464. The molecule has 22 heavy (non-hydrogen) atoms. The number of aliphatic hydroxyl groups excluding tert-OH is 1. The van der Waals surface area contributed by atoms with Gasteiger partial charge in [-0.2, -0.15) is 0 Å². The van der Waals surface area contributed by atoms with Crippen molar-refractivity contribution in [2.45, 2.75) is 25.6 Å². The summed E-state index contributed by atoms with van der Waals surface area (Å²) < 4.78 is 10.5. The Morgan fingerprint density at radius 1 is 0.909 bits per heavy atom. The molecule has 0 saturated carbocycles. The Balaban J connectivity index is 0.000000174. The fourth-order valence-corrected chi connectivity index (χ4v) is 2.47. The Kier molecular flexibility index (Phi) is 4.51. The van der Waals surface area contributed by atoms with Crippen molar-refractivity contribution in [3.8, 4) is 0 Å². The van der Waals surface area contributed by atoms with Gasteiger partial charge in [0.15, 0.2) is 6.29 Å². The Morgan fingerprint density at radius 3 is 1.95 bits per heavy atom. The summed E-state index contributed by atoms with van der Waals surface area (Å²) in [6.07, 6.45) is 2.58. The summed E-state index contributed by atoms with van der Waals surface area (Å²) in [5.41, 5.74) is 1.31. The molecule has 4 heteroatoms. The fourth-order valence-electron chi connectivity index (χ4n) is 2.47. The maximum absolute atomic E-state index is 12.0. The van der Waals surface area contributed by atoms with Crippen molar-refractivity contribution in [2.24, 2.45) is 0 Å². The van der Waals surface area contributed by atoms with Crippen LogP contribution >= 0.6 is 0 Å². The van der Waals surface area contributed by atoms with Crippen molar-refractivity contribution < 1.29 is 14.3 Å². The first kappa shape index (κ1) is 14.8. The highest BCUT2D eigenvalue weighted by Gasteiger charge is 2.07. The van der Waals surface area contributed by atoms with Crippen LogP contribution in [0.3, 0.4) is 0 Å². The molecule has 1 N–H and O–H groups in total. The van der Waals surface area contributed by atoms with Crippen molar-refractivity contribution in [3.63, 3.8) is 0 Å². The van der Waals surface area contributed by atoms with E-state index in [-0.39, 0.29) is 5.43 Å². The maximum atomic E-state index is 12.0. The Hall–Kier alpha value is -2.17. The normalized spacial score (nSPS) is 18.0. The Labute approximate surface area is 127 Å².